The highest BCUT2D eigenvalue weighted by Crippen LogP contribution is 2.09. The van der Waals surface area contributed by atoms with Crippen LogP contribution in [0.25, 0.3) is 0 Å². The minimum atomic E-state index is 0.0838. The quantitative estimate of drug-likeness (QED) is 0.736. The van der Waals surface area contributed by atoms with Gasteiger partial charge in [0.25, 0.3) is 0 Å². The molecule has 4 nitrogen and oxygen atoms in total. The van der Waals surface area contributed by atoms with Gasteiger partial charge in [0.15, 0.2) is 0 Å². The van der Waals surface area contributed by atoms with E-state index in [4.69, 9.17) is 0 Å². The number of nitrogens with one attached hydrogen (secondary N) is 2. The Hall–Kier alpha value is -0.770. The van der Waals surface area contributed by atoms with Crippen LogP contribution < -0.4 is 10.6 Å². The van der Waals surface area contributed by atoms with E-state index in [0.29, 0.717) is 12.6 Å². The summed E-state index contributed by atoms with van der Waals surface area (Å²) >= 11 is 0. The predicted molar refractivity (Wildman–Crippen MR) is 62.0 cm³/mol. The first-order valence-electron chi connectivity index (χ1n) is 6.04. The number of piperidine rings is 1. The molecule has 1 heterocycles. The molecule has 1 atom stereocenters. The fourth-order valence-corrected chi connectivity index (χ4v) is 1.94. The zero-order valence-electron chi connectivity index (χ0n) is 9.88. The molecule has 88 valence electrons. The standard InChI is InChI=1S/C11H23N3O/c1-3-7-13-10-6-5-8-14(9-10)11(15)12-4-2/h10,13H,3-9H2,1-2H3,(H,12,15). The molecule has 2 amide bonds. The van der Waals surface area contributed by atoms with Crippen LogP contribution in [0.3, 0.4) is 0 Å². The Balaban J connectivity index is 2.31. The first kappa shape index (κ1) is 12.3. The topological polar surface area (TPSA) is 44.4 Å². The second kappa shape index (κ2) is 6.67. The lowest BCUT2D eigenvalue weighted by atomic mass is 10.1. The van der Waals surface area contributed by atoms with Crippen molar-refractivity contribution in [2.24, 2.45) is 0 Å². The fourth-order valence-electron chi connectivity index (χ4n) is 1.94. The molecule has 0 radical (unpaired) electrons. The third-order valence-electron chi connectivity index (χ3n) is 2.72. The monoisotopic (exact) mass is 213 g/mol. The number of urea groups is 1. The molecule has 0 saturated carbocycles. The third kappa shape index (κ3) is 4.08. The molecule has 0 bridgehead atoms. The van der Waals surface area contributed by atoms with E-state index >= 15 is 0 Å². The van der Waals surface area contributed by atoms with Crippen LogP contribution >= 0.6 is 0 Å². The number of hydrogen-bond donors (Lipinski definition) is 2. The van der Waals surface area contributed by atoms with Gasteiger partial charge < -0.3 is 15.5 Å². The lowest BCUT2D eigenvalue weighted by molar-refractivity contribution is 0.173. The maximum absolute atomic E-state index is 11.6. The highest BCUT2D eigenvalue weighted by atomic mass is 16.2. The van der Waals surface area contributed by atoms with Crippen molar-refractivity contribution in [3.8, 4) is 0 Å². The summed E-state index contributed by atoms with van der Waals surface area (Å²) in [6, 6.07) is 0.571. The van der Waals surface area contributed by atoms with Crippen molar-refractivity contribution in [2.75, 3.05) is 26.2 Å². The van der Waals surface area contributed by atoms with Gasteiger partial charge in [-0.1, -0.05) is 6.92 Å². The van der Waals surface area contributed by atoms with Crippen LogP contribution in [0.2, 0.25) is 0 Å². The largest absolute Gasteiger partial charge is 0.338 e. The average Bonchev–Trinajstić information content (AvgIpc) is 2.27. The van der Waals surface area contributed by atoms with Gasteiger partial charge in [-0.3, -0.25) is 0 Å². The minimum Gasteiger partial charge on any atom is -0.338 e. The fraction of sp³-hybridized carbons (Fsp3) is 0.909. The van der Waals surface area contributed by atoms with Crippen LogP contribution in [-0.2, 0) is 0 Å². The molecule has 0 aromatic heterocycles. The number of carbonyl (C=O) groups excluding carboxylic acids is 1. The van der Waals surface area contributed by atoms with E-state index in [-0.39, 0.29) is 6.03 Å². The third-order valence-corrected chi connectivity index (χ3v) is 2.72. The zero-order valence-corrected chi connectivity index (χ0v) is 9.88. The number of rotatable bonds is 4. The summed E-state index contributed by atoms with van der Waals surface area (Å²) in [5, 5.41) is 6.33. The number of hydrogen-bond acceptors (Lipinski definition) is 2. The molecule has 0 aliphatic carbocycles. The molecule has 1 saturated heterocycles. The Labute approximate surface area is 92.4 Å². The molecule has 1 aliphatic heterocycles. The van der Waals surface area contributed by atoms with E-state index in [1.807, 2.05) is 11.8 Å². The van der Waals surface area contributed by atoms with Crippen LogP contribution in [0.4, 0.5) is 4.79 Å². The molecule has 4 heteroatoms. The molecule has 1 aliphatic rings. The summed E-state index contributed by atoms with van der Waals surface area (Å²) in [5.74, 6) is 0. The first-order valence-corrected chi connectivity index (χ1v) is 6.04. The number of carbonyl (C=O) groups is 1. The predicted octanol–water partition coefficient (Wildman–Crippen LogP) is 1.18. The Bertz CT molecular complexity index is 196. The summed E-state index contributed by atoms with van der Waals surface area (Å²) in [5.41, 5.74) is 0. The van der Waals surface area contributed by atoms with Crippen LogP contribution in [0.15, 0.2) is 0 Å². The molecular formula is C11H23N3O. The van der Waals surface area contributed by atoms with Gasteiger partial charge in [0.2, 0.25) is 0 Å². The van der Waals surface area contributed by atoms with Crippen LogP contribution in [0, 0.1) is 0 Å². The Morgan fingerprint density at radius 1 is 1.47 bits per heavy atom. The normalized spacial score (nSPS) is 21.5. The maximum atomic E-state index is 11.6. The second-order valence-corrected chi connectivity index (χ2v) is 4.07. The Morgan fingerprint density at radius 2 is 2.27 bits per heavy atom. The summed E-state index contributed by atoms with van der Waals surface area (Å²) in [6.07, 6.45) is 3.45. The van der Waals surface area contributed by atoms with Gasteiger partial charge in [0.1, 0.15) is 0 Å². The van der Waals surface area contributed by atoms with Crippen molar-refractivity contribution in [3.05, 3.63) is 0 Å². The molecule has 2 N–H and O–H groups in total. The Morgan fingerprint density at radius 3 is 2.93 bits per heavy atom. The van der Waals surface area contributed by atoms with Crippen LogP contribution in [0.5, 0.6) is 0 Å². The molecular weight excluding hydrogens is 190 g/mol. The van der Waals surface area contributed by atoms with E-state index in [2.05, 4.69) is 17.6 Å². The molecule has 0 aromatic rings. The van der Waals surface area contributed by atoms with Gasteiger partial charge in [-0.25, -0.2) is 4.79 Å². The van der Waals surface area contributed by atoms with Crippen LogP contribution in [0.1, 0.15) is 33.1 Å². The van der Waals surface area contributed by atoms with E-state index in [1.165, 1.54) is 6.42 Å². The zero-order chi connectivity index (χ0) is 11.1. The SMILES string of the molecule is CCCNC1CCCN(C(=O)NCC)C1. The van der Waals surface area contributed by atoms with Gasteiger partial charge in [-0.2, -0.15) is 0 Å². The van der Waals surface area contributed by atoms with Gasteiger partial charge in [0.05, 0.1) is 0 Å². The van der Waals surface area contributed by atoms with E-state index < -0.39 is 0 Å². The molecule has 0 spiro atoms. The summed E-state index contributed by atoms with van der Waals surface area (Å²) in [7, 11) is 0. The van der Waals surface area contributed by atoms with Crippen molar-refractivity contribution >= 4 is 6.03 Å². The van der Waals surface area contributed by atoms with Crippen molar-refractivity contribution in [3.63, 3.8) is 0 Å². The lowest BCUT2D eigenvalue weighted by Gasteiger charge is -2.33. The second-order valence-electron chi connectivity index (χ2n) is 4.07. The smallest absolute Gasteiger partial charge is 0.317 e. The van der Waals surface area contributed by atoms with E-state index in [0.717, 1.165) is 32.5 Å². The van der Waals surface area contributed by atoms with Crippen molar-refractivity contribution in [2.45, 2.75) is 39.2 Å². The number of nitrogens with zero attached hydrogens (tertiary/aromatic N) is 1. The number of likely N-dealkylation sites (tertiary alicyclic amines) is 1. The minimum absolute atomic E-state index is 0.0838. The number of amides is 2. The van der Waals surface area contributed by atoms with Crippen molar-refractivity contribution < 1.29 is 4.79 Å². The van der Waals surface area contributed by atoms with Gasteiger partial charge in [-0.15, -0.1) is 0 Å². The molecule has 1 unspecified atom stereocenters. The summed E-state index contributed by atoms with van der Waals surface area (Å²) in [4.78, 5) is 13.5. The summed E-state index contributed by atoms with van der Waals surface area (Å²) in [6.45, 7) is 7.63. The molecule has 15 heavy (non-hydrogen) atoms. The van der Waals surface area contributed by atoms with Gasteiger partial charge >= 0.3 is 6.03 Å². The maximum Gasteiger partial charge on any atom is 0.317 e. The summed E-state index contributed by atoms with van der Waals surface area (Å²) < 4.78 is 0. The van der Waals surface area contributed by atoms with Crippen molar-refractivity contribution in [1.82, 2.24) is 15.5 Å². The van der Waals surface area contributed by atoms with E-state index in [1.54, 1.807) is 0 Å². The van der Waals surface area contributed by atoms with Gasteiger partial charge in [-0.05, 0) is 32.7 Å². The molecule has 1 rings (SSSR count). The van der Waals surface area contributed by atoms with E-state index in [9.17, 15) is 4.79 Å². The highest BCUT2D eigenvalue weighted by Gasteiger charge is 2.22. The van der Waals surface area contributed by atoms with Gasteiger partial charge in [0, 0.05) is 25.7 Å². The lowest BCUT2D eigenvalue weighted by Crippen LogP contribution is -2.51. The Kier molecular flexibility index (Phi) is 5.47. The highest BCUT2D eigenvalue weighted by molar-refractivity contribution is 5.74. The molecule has 1 fully saturated rings. The van der Waals surface area contributed by atoms with Crippen LogP contribution in [-0.4, -0.2) is 43.2 Å². The first-order chi connectivity index (χ1) is 7.27. The average molecular weight is 213 g/mol. The van der Waals surface area contributed by atoms with Crippen molar-refractivity contribution in [1.29, 1.82) is 0 Å². The molecule has 0 aromatic carbocycles.